The molecule has 0 unspecified atom stereocenters. The first kappa shape index (κ1) is 15.0. The molecule has 0 saturated carbocycles. The number of rotatable bonds is 4. The van der Waals surface area contributed by atoms with E-state index in [0.717, 1.165) is 33.4 Å². The minimum atomic E-state index is 0.915. The van der Waals surface area contributed by atoms with Gasteiger partial charge in [0, 0.05) is 28.9 Å². The fourth-order valence-corrected chi connectivity index (χ4v) is 2.65. The summed E-state index contributed by atoms with van der Waals surface area (Å²) < 4.78 is 0. The van der Waals surface area contributed by atoms with Gasteiger partial charge < -0.3 is 0 Å². The minimum Gasteiger partial charge on any atom is -0.278 e. The van der Waals surface area contributed by atoms with Gasteiger partial charge in [0.2, 0.25) is 0 Å². The molecule has 2 aromatic carbocycles. The highest BCUT2D eigenvalue weighted by Gasteiger charge is 2.06. The number of fused-ring (bicyclic) bond motifs is 1. The summed E-state index contributed by atoms with van der Waals surface area (Å²) in [4.78, 5) is 8.86. The van der Waals surface area contributed by atoms with Crippen molar-refractivity contribution in [2.75, 3.05) is 5.43 Å². The maximum Gasteiger partial charge on any atom is 0.0730 e. The van der Waals surface area contributed by atoms with E-state index in [9.17, 15) is 0 Å². The number of hydrogen-bond donors (Lipinski definition) is 1. The van der Waals surface area contributed by atoms with E-state index in [1.54, 1.807) is 18.6 Å². The molecule has 1 N–H and O–H groups in total. The SMILES string of the molecule is C(=NNc1cc(-c2ccccc2)nc2ccccc12)c1cccnc1. The number of benzene rings is 2. The van der Waals surface area contributed by atoms with Crippen molar-refractivity contribution in [1.29, 1.82) is 0 Å². The van der Waals surface area contributed by atoms with Crippen LogP contribution in [0.3, 0.4) is 0 Å². The number of anilines is 1. The molecule has 0 fully saturated rings. The van der Waals surface area contributed by atoms with Gasteiger partial charge in [-0.1, -0.05) is 54.6 Å². The summed E-state index contributed by atoms with van der Waals surface area (Å²) in [5.41, 5.74) is 7.94. The van der Waals surface area contributed by atoms with Gasteiger partial charge in [0.1, 0.15) is 0 Å². The lowest BCUT2D eigenvalue weighted by Gasteiger charge is -2.09. The smallest absolute Gasteiger partial charge is 0.0730 e. The quantitative estimate of drug-likeness (QED) is 0.435. The third kappa shape index (κ3) is 3.38. The topological polar surface area (TPSA) is 50.2 Å². The molecule has 0 radical (unpaired) electrons. The Kier molecular flexibility index (Phi) is 4.16. The third-order valence-corrected chi connectivity index (χ3v) is 3.87. The van der Waals surface area contributed by atoms with Crippen molar-refractivity contribution in [2.45, 2.75) is 0 Å². The van der Waals surface area contributed by atoms with Crippen LogP contribution in [0.5, 0.6) is 0 Å². The van der Waals surface area contributed by atoms with Crippen LogP contribution in [0.2, 0.25) is 0 Å². The van der Waals surface area contributed by atoms with E-state index in [0.29, 0.717) is 0 Å². The summed E-state index contributed by atoms with van der Waals surface area (Å²) in [6.07, 6.45) is 5.27. The van der Waals surface area contributed by atoms with Gasteiger partial charge in [-0.05, 0) is 18.2 Å². The van der Waals surface area contributed by atoms with Gasteiger partial charge in [0.05, 0.1) is 23.1 Å². The van der Waals surface area contributed by atoms with E-state index in [1.165, 1.54) is 0 Å². The molecule has 25 heavy (non-hydrogen) atoms. The van der Waals surface area contributed by atoms with Crippen molar-refractivity contribution in [3.8, 4) is 11.3 Å². The van der Waals surface area contributed by atoms with Gasteiger partial charge in [-0.15, -0.1) is 0 Å². The molecule has 4 aromatic rings. The molecule has 4 rings (SSSR count). The second-order valence-corrected chi connectivity index (χ2v) is 5.59. The number of hydrogen-bond acceptors (Lipinski definition) is 4. The summed E-state index contributed by atoms with van der Waals surface area (Å²) in [6, 6.07) is 24.1. The Morgan fingerprint density at radius 1 is 0.880 bits per heavy atom. The standard InChI is InChI=1S/C21H16N4/c1-2-8-17(9-3-1)20-13-21(18-10-4-5-11-19(18)24-20)25-23-15-16-7-6-12-22-14-16/h1-15H,(H,24,25). The van der Waals surface area contributed by atoms with Crippen LogP contribution < -0.4 is 5.43 Å². The third-order valence-electron chi connectivity index (χ3n) is 3.87. The van der Waals surface area contributed by atoms with Crippen LogP contribution in [-0.2, 0) is 0 Å². The van der Waals surface area contributed by atoms with Gasteiger partial charge in [-0.2, -0.15) is 5.10 Å². The van der Waals surface area contributed by atoms with Crippen molar-refractivity contribution < 1.29 is 0 Å². The molecule has 0 atom stereocenters. The normalized spacial score (nSPS) is 11.0. The van der Waals surface area contributed by atoms with Crippen LogP contribution in [0.4, 0.5) is 5.69 Å². The van der Waals surface area contributed by atoms with Crippen molar-refractivity contribution in [1.82, 2.24) is 9.97 Å². The zero-order valence-electron chi connectivity index (χ0n) is 13.5. The van der Waals surface area contributed by atoms with Crippen LogP contribution in [0, 0.1) is 0 Å². The molecule has 0 aliphatic rings. The zero-order chi connectivity index (χ0) is 16.9. The number of para-hydroxylation sites is 1. The molecule has 0 bridgehead atoms. The summed E-state index contributed by atoms with van der Waals surface area (Å²) in [5.74, 6) is 0. The number of aromatic nitrogens is 2. The summed E-state index contributed by atoms with van der Waals surface area (Å²) >= 11 is 0. The minimum absolute atomic E-state index is 0.915. The first-order valence-corrected chi connectivity index (χ1v) is 8.04. The van der Waals surface area contributed by atoms with E-state index in [-0.39, 0.29) is 0 Å². The van der Waals surface area contributed by atoms with Crippen molar-refractivity contribution in [3.05, 3.63) is 90.8 Å². The average molecular weight is 324 g/mol. The number of hydrazone groups is 1. The van der Waals surface area contributed by atoms with Gasteiger partial charge in [0.15, 0.2) is 0 Å². The highest BCUT2D eigenvalue weighted by Crippen LogP contribution is 2.28. The van der Waals surface area contributed by atoms with Crippen LogP contribution in [-0.4, -0.2) is 16.2 Å². The van der Waals surface area contributed by atoms with Crippen LogP contribution >= 0.6 is 0 Å². The summed E-state index contributed by atoms with van der Waals surface area (Å²) in [7, 11) is 0. The molecule has 4 nitrogen and oxygen atoms in total. The Morgan fingerprint density at radius 3 is 2.56 bits per heavy atom. The second-order valence-electron chi connectivity index (χ2n) is 5.59. The molecule has 0 amide bonds. The Labute approximate surface area is 145 Å². The molecule has 2 aromatic heterocycles. The van der Waals surface area contributed by atoms with Crippen LogP contribution in [0.15, 0.2) is 90.3 Å². The number of nitrogens with zero attached hydrogens (tertiary/aromatic N) is 3. The van der Waals surface area contributed by atoms with E-state index in [2.05, 4.69) is 27.6 Å². The first-order valence-electron chi connectivity index (χ1n) is 8.04. The molecule has 2 heterocycles. The second kappa shape index (κ2) is 6.93. The predicted octanol–water partition coefficient (Wildman–Crippen LogP) is 4.74. The largest absolute Gasteiger partial charge is 0.278 e. The Bertz CT molecular complexity index is 1010. The molecule has 4 heteroatoms. The monoisotopic (exact) mass is 324 g/mol. The highest BCUT2D eigenvalue weighted by molar-refractivity contribution is 5.94. The maximum absolute atomic E-state index is 4.77. The van der Waals surface area contributed by atoms with E-state index in [4.69, 9.17) is 4.98 Å². The molecule has 120 valence electrons. The van der Waals surface area contributed by atoms with Crippen LogP contribution in [0.1, 0.15) is 5.56 Å². The first-order chi connectivity index (χ1) is 12.4. The number of pyridine rings is 2. The Morgan fingerprint density at radius 2 is 1.72 bits per heavy atom. The summed E-state index contributed by atoms with van der Waals surface area (Å²) in [5, 5.41) is 5.39. The van der Waals surface area contributed by atoms with Gasteiger partial charge in [0.25, 0.3) is 0 Å². The predicted molar refractivity (Wildman–Crippen MR) is 103 cm³/mol. The van der Waals surface area contributed by atoms with E-state index >= 15 is 0 Å². The summed E-state index contributed by atoms with van der Waals surface area (Å²) in [6.45, 7) is 0. The fraction of sp³-hybridized carbons (Fsp3) is 0. The van der Waals surface area contributed by atoms with Gasteiger partial charge >= 0.3 is 0 Å². The zero-order valence-corrected chi connectivity index (χ0v) is 13.5. The van der Waals surface area contributed by atoms with Crippen molar-refractivity contribution in [2.24, 2.45) is 5.10 Å². The van der Waals surface area contributed by atoms with Crippen molar-refractivity contribution >= 4 is 22.8 Å². The molecular formula is C21H16N4. The van der Waals surface area contributed by atoms with Crippen LogP contribution in [0.25, 0.3) is 22.2 Å². The van der Waals surface area contributed by atoms with Crippen molar-refractivity contribution in [3.63, 3.8) is 0 Å². The lowest BCUT2D eigenvalue weighted by molar-refractivity contribution is 1.30. The van der Waals surface area contributed by atoms with Gasteiger partial charge in [-0.3, -0.25) is 10.4 Å². The molecule has 0 saturated heterocycles. The lowest BCUT2D eigenvalue weighted by Crippen LogP contribution is -1.95. The number of nitrogens with one attached hydrogen (secondary N) is 1. The Balaban J connectivity index is 1.73. The average Bonchev–Trinajstić information content (AvgIpc) is 2.69. The fourth-order valence-electron chi connectivity index (χ4n) is 2.65. The molecule has 0 aliphatic heterocycles. The highest BCUT2D eigenvalue weighted by atomic mass is 15.3. The van der Waals surface area contributed by atoms with Gasteiger partial charge in [-0.25, -0.2) is 4.98 Å². The van der Waals surface area contributed by atoms with E-state index < -0.39 is 0 Å². The molecule has 0 aliphatic carbocycles. The lowest BCUT2D eigenvalue weighted by atomic mass is 10.1. The molecule has 0 spiro atoms. The molecular weight excluding hydrogens is 308 g/mol. The Hall–Kier alpha value is -3.53. The maximum atomic E-state index is 4.77. The van der Waals surface area contributed by atoms with E-state index in [1.807, 2.05) is 60.7 Å².